The fourth-order valence-electron chi connectivity index (χ4n) is 2.09. The van der Waals surface area contributed by atoms with Crippen LogP contribution in [-0.4, -0.2) is 16.8 Å². The zero-order valence-corrected chi connectivity index (χ0v) is 12.1. The van der Waals surface area contributed by atoms with Crippen molar-refractivity contribution < 1.29 is 14.9 Å². The van der Waals surface area contributed by atoms with Gasteiger partial charge in [-0.1, -0.05) is 51.7 Å². The molecule has 0 saturated heterocycles. The molecule has 3 nitrogen and oxygen atoms in total. The van der Waals surface area contributed by atoms with Crippen molar-refractivity contribution in [3.63, 3.8) is 0 Å². The van der Waals surface area contributed by atoms with Gasteiger partial charge in [0.2, 0.25) is 0 Å². The number of phenolic OH excluding ortho intramolecular Hbond substituents is 2. The van der Waals surface area contributed by atoms with Gasteiger partial charge in [-0.05, 0) is 18.9 Å². The summed E-state index contributed by atoms with van der Waals surface area (Å²) in [5, 5.41) is 19.5. The SMILES string of the molecule is CCCCCC(OCCCC)c1cccc(O)c1O. The summed E-state index contributed by atoms with van der Waals surface area (Å²) in [6, 6.07) is 5.08. The number of phenols is 2. The van der Waals surface area contributed by atoms with E-state index < -0.39 is 0 Å². The summed E-state index contributed by atoms with van der Waals surface area (Å²) in [6.45, 7) is 4.99. The van der Waals surface area contributed by atoms with Gasteiger partial charge >= 0.3 is 0 Å². The zero-order valence-electron chi connectivity index (χ0n) is 12.1. The Morgan fingerprint density at radius 2 is 1.79 bits per heavy atom. The number of unbranched alkanes of at least 4 members (excludes halogenated alkanes) is 3. The van der Waals surface area contributed by atoms with E-state index in [4.69, 9.17) is 4.74 Å². The second-order valence-corrected chi connectivity index (χ2v) is 4.92. The van der Waals surface area contributed by atoms with Crippen LogP contribution < -0.4 is 0 Å². The van der Waals surface area contributed by atoms with Crippen LogP contribution in [0.15, 0.2) is 18.2 Å². The number of hydrogen-bond acceptors (Lipinski definition) is 3. The molecule has 0 bridgehead atoms. The average molecular weight is 266 g/mol. The first kappa shape index (κ1) is 15.8. The van der Waals surface area contributed by atoms with Crippen LogP contribution in [0.25, 0.3) is 0 Å². The van der Waals surface area contributed by atoms with Gasteiger partial charge in [0.05, 0.1) is 6.10 Å². The van der Waals surface area contributed by atoms with E-state index in [0.717, 1.165) is 38.5 Å². The minimum atomic E-state index is -0.120. The maximum absolute atomic E-state index is 9.95. The first-order valence-electron chi connectivity index (χ1n) is 7.33. The smallest absolute Gasteiger partial charge is 0.163 e. The first-order chi connectivity index (χ1) is 9.20. The van der Waals surface area contributed by atoms with Crippen molar-refractivity contribution in [1.29, 1.82) is 0 Å². The highest BCUT2D eigenvalue weighted by Gasteiger charge is 2.17. The van der Waals surface area contributed by atoms with Gasteiger partial charge in [0.25, 0.3) is 0 Å². The van der Waals surface area contributed by atoms with Gasteiger partial charge in [0.15, 0.2) is 11.5 Å². The Bertz CT molecular complexity index is 353. The number of aromatic hydroxyl groups is 2. The predicted octanol–water partition coefficient (Wildman–Crippen LogP) is 4.54. The van der Waals surface area contributed by atoms with Gasteiger partial charge in [-0.25, -0.2) is 0 Å². The molecule has 3 heteroatoms. The van der Waals surface area contributed by atoms with Crippen LogP contribution in [0.2, 0.25) is 0 Å². The highest BCUT2D eigenvalue weighted by Crippen LogP contribution is 2.36. The second kappa shape index (κ2) is 8.81. The van der Waals surface area contributed by atoms with E-state index in [1.807, 2.05) is 6.07 Å². The Morgan fingerprint density at radius 1 is 1.05 bits per heavy atom. The summed E-state index contributed by atoms with van der Waals surface area (Å²) in [6.07, 6.45) is 6.26. The van der Waals surface area contributed by atoms with Gasteiger partial charge in [-0.3, -0.25) is 0 Å². The molecule has 0 radical (unpaired) electrons. The van der Waals surface area contributed by atoms with Crippen LogP contribution in [0.5, 0.6) is 11.5 Å². The zero-order chi connectivity index (χ0) is 14.1. The molecule has 0 aliphatic heterocycles. The van der Waals surface area contributed by atoms with Crippen molar-refractivity contribution in [1.82, 2.24) is 0 Å². The molecule has 1 aromatic rings. The topological polar surface area (TPSA) is 49.7 Å². The van der Waals surface area contributed by atoms with Gasteiger partial charge < -0.3 is 14.9 Å². The quantitative estimate of drug-likeness (QED) is 0.510. The van der Waals surface area contributed by atoms with E-state index in [1.165, 1.54) is 6.07 Å². The highest BCUT2D eigenvalue weighted by atomic mass is 16.5. The number of benzene rings is 1. The summed E-state index contributed by atoms with van der Waals surface area (Å²) in [5.41, 5.74) is 0.701. The fourth-order valence-corrected chi connectivity index (χ4v) is 2.09. The van der Waals surface area contributed by atoms with Crippen LogP contribution in [0, 0.1) is 0 Å². The van der Waals surface area contributed by atoms with Crippen molar-refractivity contribution in [3.05, 3.63) is 23.8 Å². The van der Waals surface area contributed by atoms with Crippen molar-refractivity contribution in [2.75, 3.05) is 6.61 Å². The molecule has 0 aromatic heterocycles. The lowest BCUT2D eigenvalue weighted by molar-refractivity contribution is 0.0412. The molecule has 108 valence electrons. The third-order valence-electron chi connectivity index (χ3n) is 3.28. The second-order valence-electron chi connectivity index (χ2n) is 4.92. The largest absolute Gasteiger partial charge is 0.504 e. The van der Waals surface area contributed by atoms with Crippen molar-refractivity contribution in [3.8, 4) is 11.5 Å². The summed E-state index contributed by atoms with van der Waals surface area (Å²) in [4.78, 5) is 0. The molecule has 0 aliphatic carbocycles. The number of para-hydroxylation sites is 1. The van der Waals surface area contributed by atoms with Crippen LogP contribution in [0.3, 0.4) is 0 Å². The standard InChI is InChI=1S/C16H26O3/c1-3-5-7-11-15(19-12-6-4-2)13-9-8-10-14(17)16(13)18/h8-10,15,17-18H,3-7,11-12H2,1-2H3. The molecule has 1 atom stereocenters. The predicted molar refractivity (Wildman–Crippen MR) is 77.5 cm³/mol. The highest BCUT2D eigenvalue weighted by molar-refractivity contribution is 5.45. The molecular weight excluding hydrogens is 240 g/mol. The average Bonchev–Trinajstić information content (AvgIpc) is 2.41. The Balaban J connectivity index is 2.72. The van der Waals surface area contributed by atoms with Crippen LogP contribution in [0.4, 0.5) is 0 Å². The Labute approximate surface area is 116 Å². The molecule has 0 spiro atoms. The third kappa shape index (κ3) is 5.11. The monoisotopic (exact) mass is 266 g/mol. The number of ether oxygens (including phenoxy) is 1. The maximum Gasteiger partial charge on any atom is 0.163 e. The van der Waals surface area contributed by atoms with E-state index in [0.29, 0.717) is 12.2 Å². The number of hydrogen-bond donors (Lipinski definition) is 2. The van der Waals surface area contributed by atoms with Gasteiger partial charge in [-0.15, -0.1) is 0 Å². The van der Waals surface area contributed by atoms with Gasteiger partial charge in [0, 0.05) is 12.2 Å². The summed E-state index contributed by atoms with van der Waals surface area (Å²) in [7, 11) is 0. The molecule has 1 aromatic carbocycles. The molecule has 0 fully saturated rings. The Morgan fingerprint density at radius 3 is 2.47 bits per heavy atom. The minimum absolute atomic E-state index is 0.0412. The summed E-state index contributed by atoms with van der Waals surface area (Å²) in [5.74, 6) is -0.113. The number of rotatable bonds is 9. The van der Waals surface area contributed by atoms with Gasteiger partial charge in [-0.2, -0.15) is 0 Å². The lowest BCUT2D eigenvalue weighted by Gasteiger charge is -2.19. The summed E-state index contributed by atoms with van der Waals surface area (Å²) >= 11 is 0. The molecule has 1 unspecified atom stereocenters. The van der Waals surface area contributed by atoms with Crippen LogP contribution in [-0.2, 0) is 4.74 Å². The lowest BCUT2D eigenvalue weighted by Crippen LogP contribution is -2.06. The molecule has 1 rings (SSSR count). The van der Waals surface area contributed by atoms with E-state index in [-0.39, 0.29) is 17.6 Å². The van der Waals surface area contributed by atoms with Crippen molar-refractivity contribution >= 4 is 0 Å². The van der Waals surface area contributed by atoms with Crippen LogP contribution >= 0.6 is 0 Å². The molecule has 2 N–H and O–H groups in total. The van der Waals surface area contributed by atoms with Crippen molar-refractivity contribution in [2.45, 2.75) is 58.5 Å². The van der Waals surface area contributed by atoms with Gasteiger partial charge in [0.1, 0.15) is 0 Å². The van der Waals surface area contributed by atoms with E-state index in [2.05, 4.69) is 13.8 Å². The van der Waals surface area contributed by atoms with E-state index in [1.54, 1.807) is 6.07 Å². The maximum atomic E-state index is 9.95. The third-order valence-corrected chi connectivity index (χ3v) is 3.28. The van der Waals surface area contributed by atoms with Crippen LogP contribution in [0.1, 0.15) is 64.0 Å². The first-order valence-corrected chi connectivity index (χ1v) is 7.33. The summed E-state index contributed by atoms with van der Waals surface area (Å²) < 4.78 is 5.88. The molecule has 0 saturated carbocycles. The van der Waals surface area contributed by atoms with Crippen molar-refractivity contribution in [2.24, 2.45) is 0 Å². The Kier molecular flexibility index (Phi) is 7.34. The molecule has 0 amide bonds. The van der Waals surface area contributed by atoms with E-state index in [9.17, 15) is 10.2 Å². The molecule has 0 aliphatic rings. The minimum Gasteiger partial charge on any atom is -0.504 e. The normalized spacial score (nSPS) is 12.5. The lowest BCUT2D eigenvalue weighted by atomic mass is 10.0. The molecule has 19 heavy (non-hydrogen) atoms. The fraction of sp³-hybridized carbons (Fsp3) is 0.625. The van der Waals surface area contributed by atoms with E-state index >= 15 is 0 Å². The molecular formula is C16H26O3. The molecule has 0 heterocycles. The Hall–Kier alpha value is -1.22.